The molecule has 94 valence electrons. The van der Waals surface area contributed by atoms with Crippen molar-refractivity contribution in [3.05, 3.63) is 59.2 Å². The molecule has 0 radical (unpaired) electrons. The molecule has 0 nitrogen and oxygen atoms in total. The van der Waals surface area contributed by atoms with E-state index in [9.17, 15) is 0 Å². The van der Waals surface area contributed by atoms with Crippen LogP contribution in [-0.2, 0) is 5.41 Å². The van der Waals surface area contributed by atoms with Crippen LogP contribution in [-0.4, -0.2) is 5.33 Å². The molecular weight excluding hydrogens is 296 g/mol. The number of alkyl halides is 1. The van der Waals surface area contributed by atoms with Crippen LogP contribution in [0.4, 0.5) is 0 Å². The molecule has 0 saturated heterocycles. The van der Waals surface area contributed by atoms with Gasteiger partial charge in [0.2, 0.25) is 0 Å². The average molecular weight is 311 g/mol. The van der Waals surface area contributed by atoms with Gasteiger partial charge in [0.15, 0.2) is 0 Å². The van der Waals surface area contributed by atoms with Gasteiger partial charge in [0.05, 0.1) is 5.33 Å². The fourth-order valence-electron chi connectivity index (χ4n) is 2.92. The summed E-state index contributed by atoms with van der Waals surface area (Å²) in [5, 5.41) is 0.716. The lowest BCUT2D eigenvalue weighted by molar-refractivity contribution is 0.660. The van der Waals surface area contributed by atoms with E-state index in [1.54, 1.807) is 0 Å². The van der Waals surface area contributed by atoms with Crippen molar-refractivity contribution in [1.82, 2.24) is 0 Å². The summed E-state index contributed by atoms with van der Waals surface area (Å²) < 4.78 is 0. The van der Waals surface area contributed by atoms with E-state index in [4.69, 9.17) is 0 Å². The van der Waals surface area contributed by atoms with Crippen molar-refractivity contribution in [3.63, 3.8) is 0 Å². The van der Waals surface area contributed by atoms with E-state index in [-0.39, 0.29) is 5.41 Å². The van der Waals surface area contributed by atoms with Crippen LogP contribution in [0.5, 0.6) is 0 Å². The zero-order valence-electron chi connectivity index (χ0n) is 11.1. The number of hydrogen-bond acceptors (Lipinski definition) is 0. The van der Waals surface area contributed by atoms with Crippen LogP contribution in [0.15, 0.2) is 42.5 Å². The zero-order chi connectivity index (χ0) is 13.5. The minimum absolute atomic E-state index is 0.0675. The summed E-state index contributed by atoms with van der Waals surface area (Å²) in [4.78, 5) is 0. The predicted octanol–water partition coefficient (Wildman–Crippen LogP) is 4.74. The number of fused-ring (bicyclic) bond motifs is 3. The van der Waals surface area contributed by atoms with Gasteiger partial charge >= 0.3 is 0 Å². The Morgan fingerprint density at radius 3 is 2.53 bits per heavy atom. The molecular formula is C18H15Br. The zero-order valence-corrected chi connectivity index (χ0v) is 12.7. The van der Waals surface area contributed by atoms with Crippen LogP contribution in [0, 0.1) is 11.8 Å². The van der Waals surface area contributed by atoms with Gasteiger partial charge in [-0.05, 0) is 34.4 Å². The summed E-state index contributed by atoms with van der Waals surface area (Å²) in [7, 11) is 0. The molecule has 0 atom stereocenters. The van der Waals surface area contributed by atoms with Crippen LogP contribution in [0.2, 0.25) is 0 Å². The summed E-state index contributed by atoms with van der Waals surface area (Å²) in [5.41, 5.74) is 6.68. The van der Waals surface area contributed by atoms with Crippen molar-refractivity contribution in [2.45, 2.75) is 19.3 Å². The van der Waals surface area contributed by atoms with Crippen LogP contribution >= 0.6 is 15.9 Å². The standard InChI is InChI=1S/C18H15Br/c1-18(2)16-8-4-3-7-14(16)15-10-9-13(6-5-11-19)12-17(15)18/h3-4,7-10,12H,11H2,1-2H3. The van der Waals surface area contributed by atoms with Gasteiger partial charge in [0.25, 0.3) is 0 Å². The number of benzene rings is 2. The van der Waals surface area contributed by atoms with Gasteiger partial charge in [0, 0.05) is 11.0 Å². The molecule has 0 bridgehead atoms. The minimum Gasteiger partial charge on any atom is -0.0863 e. The third kappa shape index (κ3) is 1.91. The topological polar surface area (TPSA) is 0 Å². The van der Waals surface area contributed by atoms with Crippen molar-refractivity contribution in [1.29, 1.82) is 0 Å². The maximum Gasteiger partial charge on any atom is 0.0649 e. The predicted molar refractivity (Wildman–Crippen MR) is 84.7 cm³/mol. The Morgan fingerprint density at radius 1 is 1.00 bits per heavy atom. The van der Waals surface area contributed by atoms with Crippen molar-refractivity contribution in [2.24, 2.45) is 0 Å². The lowest BCUT2D eigenvalue weighted by Crippen LogP contribution is -2.14. The van der Waals surface area contributed by atoms with Gasteiger partial charge in [-0.15, -0.1) is 0 Å². The Kier molecular flexibility index (Phi) is 2.99. The van der Waals surface area contributed by atoms with Gasteiger partial charge < -0.3 is 0 Å². The lowest BCUT2D eigenvalue weighted by Gasteiger charge is -2.21. The molecule has 0 unspecified atom stereocenters. The molecule has 0 aliphatic heterocycles. The van der Waals surface area contributed by atoms with E-state index in [0.717, 1.165) is 5.56 Å². The Balaban J connectivity index is 2.21. The van der Waals surface area contributed by atoms with Crippen molar-refractivity contribution in [3.8, 4) is 23.0 Å². The first-order valence-electron chi connectivity index (χ1n) is 6.44. The normalized spacial score (nSPS) is 14.3. The number of rotatable bonds is 0. The second-order valence-electron chi connectivity index (χ2n) is 5.37. The van der Waals surface area contributed by atoms with E-state index >= 15 is 0 Å². The van der Waals surface area contributed by atoms with Gasteiger partial charge in [0.1, 0.15) is 0 Å². The van der Waals surface area contributed by atoms with Crippen LogP contribution < -0.4 is 0 Å². The van der Waals surface area contributed by atoms with Crippen molar-refractivity contribution >= 4 is 15.9 Å². The molecule has 1 heteroatoms. The van der Waals surface area contributed by atoms with Crippen molar-refractivity contribution < 1.29 is 0 Å². The average Bonchev–Trinajstić information content (AvgIpc) is 2.66. The first kappa shape index (κ1) is 12.5. The maximum absolute atomic E-state index is 3.34. The van der Waals surface area contributed by atoms with Gasteiger partial charge in [-0.1, -0.05) is 72.0 Å². The SMILES string of the molecule is CC1(C)c2ccccc2-c2ccc(C#CCBr)cc21. The van der Waals surface area contributed by atoms with E-state index in [1.165, 1.54) is 22.3 Å². The Bertz CT molecular complexity index is 699. The van der Waals surface area contributed by atoms with E-state index in [0.29, 0.717) is 5.33 Å². The highest BCUT2D eigenvalue weighted by molar-refractivity contribution is 9.09. The molecule has 1 aliphatic carbocycles. The lowest BCUT2D eigenvalue weighted by atomic mass is 9.82. The summed E-state index contributed by atoms with van der Waals surface area (Å²) in [6.07, 6.45) is 0. The summed E-state index contributed by atoms with van der Waals surface area (Å²) in [6.45, 7) is 4.58. The Hall–Kier alpha value is -1.52. The summed E-state index contributed by atoms with van der Waals surface area (Å²) in [5.74, 6) is 6.26. The highest BCUT2D eigenvalue weighted by Gasteiger charge is 2.34. The fraction of sp³-hybridized carbons (Fsp3) is 0.222. The Labute approximate surface area is 123 Å². The van der Waals surface area contributed by atoms with Gasteiger partial charge in [-0.2, -0.15) is 0 Å². The van der Waals surface area contributed by atoms with Crippen LogP contribution in [0.25, 0.3) is 11.1 Å². The second kappa shape index (κ2) is 4.54. The molecule has 2 aromatic carbocycles. The van der Waals surface area contributed by atoms with E-state index < -0.39 is 0 Å². The highest BCUT2D eigenvalue weighted by atomic mass is 79.9. The van der Waals surface area contributed by atoms with Gasteiger partial charge in [-0.25, -0.2) is 0 Å². The summed E-state index contributed by atoms with van der Waals surface area (Å²) in [6, 6.07) is 15.3. The fourth-order valence-corrected chi connectivity index (χ4v) is 3.06. The van der Waals surface area contributed by atoms with E-state index in [2.05, 4.69) is 84.1 Å². The molecule has 3 rings (SSSR count). The molecule has 0 heterocycles. The minimum atomic E-state index is 0.0675. The smallest absolute Gasteiger partial charge is 0.0649 e. The molecule has 0 saturated carbocycles. The molecule has 0 aromatic heterocycles. The number of hydrogen-bond donors (Lipinski definition) is 0. The molecule has 19 heavy (non-hydrogen) atoms. The molecule has 0 fully saturated rings. The van der Waals surface area contributed by atoms with Crippen LogP contribution in [0.3, 0.4) is 0 Å². The molecule has 1 aliphatic rings. The number of halogens is 1. The second-order valence-corrected chi connectivity index (χ2v) is 5.93. The van der Waals surface area contributed by atoms with Crippen LogP contribution in [0.1, 0.15) is 30.5 Å². The van der Waals surface area contributed by atoms with E-state index in [1.807, 2.05) is 0 Å². The maximum atomic E-state index is 3.34. The van der Waals surface area contributed by atoms with Crippen molar-refractivity contribution in [2.75, 3.05) is 5.33 Å². The Morgan fingerprint density at radius 2 is 1.74 bits per heavy atom. The first-order valence-corrected chi connectivity index (χ1v) is 7.56. The first-order chi connectivity index (χ1) is 9.14. The quantitative estimate of drug-likeness (QED) is 0.487. The highest BCUT2D eigenvalue weighted by Crippen LogP contribution is 2.48. The molecule has 0 N–H and O–H groups in total. The third-order valence-corrected chi connectivity index (χ3v) is 4.16. The third-order valence-electron chi connectivity index (χ3n) is 3.88. The summed E-state index contributed by atoms with van der Waals surface area (Å²) >= 11 is 3.34. The molecule has 0 spiro atoms. The van der Waals surface area contributed by atoms with Gasteiger partial charge in [-0.3, -0.25) is 0 Å². The molecule has 2 aromatic rings. The molecule has 0 amide bonds. The monoisotopic (exact) mass is 310 g/mol. The largest absolute Gasteiger partial charge is 0.0863 e.